The number of amides is 1. The number of hydrogen-bond donors (Lipinski definition) is 1. The molecule has 1 amide bonds. The quantitative estimate of drug-likeness (QED) is 0.926. The van der Waals surface area contributed by atoms with Crippen LogP contribution in [0.25, 0.3) is 0 Å². The van der Waals surface area contributed by atoms with Crippen LogP contribution in [-0.2, 0) is 0 Å². The maximum absolute atomic E-state index is 12.7. The molecule has 2 rings (SSSR count). The van der Waals surface area contributed by atoms with Gasteiger partial charge >= 0.3 is 0 Å². The van der Waals surface area contributed by atoms with Crippen LogP contribution >= 0.6 is 0 Å². The standard InChI is InChI=1S/C17H26N2O2/c1-5-18-15(17(2,3)4)12-19-10-11-21-14-9-7-6-8-13(14)16(19)20/h6-9,15,18H,5,10-12H2,1-4H3. The molecule has 1 unspecified atom stereocenters. The summed E-state index contributed by atoms with van der Waals surface area (Å²) in [5.74, 6) is 0.760. The van der Waals surface area contributed by atoms with Crippen molar-refractivity contribution >= 4 is 5.91 Å². The Labute approximate surface area is 127 Å². The SMILES string of the molecule is CCNC(CN1CCOc2ccccc2C1=O)C(C)(C)C. The Hall–Kier alpha value is -1.55. The average Bonchev–Trinajstić information content (AvgIpc) is 2.58. The molecule has 0 aromatic heterocycles. The van der Waals surface area contributed by atoms with Gasteiger partial charge in [-0.2, -0.15) is 0 Å². The second-order valence-electron chi connectivity index (χ2n) is 6.57. The Balaban J connectivity index is 2.18. The first-order valence-corrected chi connectivity index (χ1v) is 7.68. The lowest BCUT2D eigenvalue weighted by molar-refractivity contribution is 0.0702. The van der Waals surface area contributed by atoms with E-state index in [-0.39, 0.29) is 17.4 Å². The van der Waals surface area contributed by atoms with Crippen molar-refractivity contribution in [3.05, 3.63) is 29.8 Å². The molecule has 116 valence electrons. The fraction of sp³-hybridized carbons (Fsp3) is 0.588. The summed E-state index contributed by atoms with van der Waals surface area (Å²) in [7, 11) is 0. The van der Waals surface area contributed by atoms with Gasteiger partial charge in [-0.15, -0.1) is 0 Å². The number of likely N-dealkylation sites (N-methyl/N-ethyl adjacent to an activating group) is 1. The van der Waals surface area contributed by atoms with Gasteiger partial charge < -0.3 is 15.0 Å². The summed E-state index contributed by atoms with van der Waals surface area (Å²) in [5.41, 5.74) is 0.766. The largest absolute Gasteiger partial charge is 0.491 e. The van der Waals surface area contributed by atoms with Gasteiger partial charge in [0.15, 0.2) is 0 Å². The molecule has 1 atom stereocenters. The number of nitrogens with zero attached hydrogens (tertiary/aromatic N) is 1. The Morgan fingerprint density at radius 2 is 2.05 bits per heavy atom. The third-order valence-electron chi connectivity index (χ3n) is 3.92. The van der Waals surface area contributed by atoms with E-state index in [1.165, 1.54) is 0 Å². The van der Waals surface area contributed by atoms with Gasteiger partial charge in [-0.05, 0) is 24.1 Å². The van der Waals surface area contributed by atoms with Crippen LogP contribution in [0.2, 0.25) is 0 Å². The smallest absolute Gasteiger partial charge is 0.257 e. The van der Waals surface area contributed by atoms with E-state index in [0.717, 1.165) is 6.54 Å². The molecule has 1 N–H and O–H groups in total. The molecule has 0 fully saturated rings. The van der Waals surface area contributed by atoms with Crippen LogP contribution in [0.15, 0.2) is 24.3 Å². The van der Waals surface area contributed by atoms with Crippen molar-refractivity contribution < 1.29 is 9.53 Å². The highest BCUT2D eigenvalue weighted by atomic mass is 16.5. The van der Waals surface area contributed by atoms with E-state index in [0.29, 0.717) is 31.0 Å². The van der Waals surface area contributed by atoms with Gasteiger partial charge in [-0.1, -0.05) is 39.8 Å². The lowest BCUT2D eigenvalue weighted by Gasteiger charge is -2.35. The number of benzene rings is 1. The summed E-state index contributed by atoms with van der Waals surface area (Å²) in [6.45, 7) is 11.5. The molecule has 1 aliphatic rings. The maximum atomic E-state index is 12.7. The van der Waals surface area contributed by atoms with Crippen molar-refractivity contribution in [2.75, 3.05) is 26.2 Å². The fourth-order valence-electron chi connectivity index (χ4n) is 2.59. The van der Waals surface area contributed by atoms with Crippen molar-refractivity contribution in [1.29, 1.82) is 0 Å². The zero-order valence-electron chi connectivity index (χ0n) is 13.5. The molecule has 1 aromatic carbocycles. The molecule has 1 heterocycles. The van der Waals surface area contributed by atoms with Gasteiger partial charge in [0.2, 0.25) is 0 Å². The minimum Gasteiger partial charge on any atom is -0.491 e. The Morgan fingerprint density at radius 3 is 2.71 bits per heavy atom. The van der Waals surface area contributed by atoms with Crippen LogP contribution in [0.1, 0.15) is 38.1 Å². The van der Waals surface area contributed by atoms with E-state index in [4.69, 9.17) is 4.74 Å². The number of hydrogen-bond acceptors (Lipinski definition) is 3. The molecule has 0 radical (unpaired) electrons. The van der Waals surface area contributed by atoms with Gasteiger partial charge in [0.05, 0.1) is 12.1 Å². The topological polar surface area (TPSA) is 41.6 Å². The minimum absolute atomic E-state index is 0.0650. The lowest BCUT2D eigenvalue weighted by atomic mass is 9.86. The minimum atomic E-state index is 0.0650. The van der Waals surface area contributed by atoms with Crippen LogP contribution in [0.4, 0.5) is 0 Å². The van der Waals surface area contributed by atoms with Crippen LogP contribution in [0, 0.1) is 5.41 Å². The first-order chi connectivity index (χ1) is 9.93. The molecule has 21 heavy (non-hydrogen) atoms. The molecular weight excluding hydrogens is 264 g/mol. The van der Waals surface area contributed by atoms with E-state index in [9.17, 15) is 4.79 Å². The third kappa shape index (κ3) is 3.76. The van der Waals surface area contributed by atoms with E-state index in [1.54, 1.807) is 0 Å². The van der Waals surface area contributed by atoms with Gasteiger partial charge in [0.1, 0.15) is 12.4 Å². The van der Waals surface area contributed by atoms with Crippen LogP contribution in [-0.4, -0.2) is 43.1 Å². The number of rotatable bonds is 4. The number of fused-ring (bicyclic) bond motifs is 1. The zero-order chi connectivity index (χ0) is 15.5. The van der Waals surface area contributed by atoms with Gasteiger partial charge in [-0.25, -0.2) is 0 Å². The highest BCUT2D eigenvalue weighted by molar-refractivity contribution is 5.97. The summed E-state index contributed by atoms with van der Waals surface area (Å²) in [6, 6.07) is 7.75. The van der Waals surface area contributed by atoms with Crippen LogP contribution in [0.5, 0.6) is 5.75 Å². The highest BCUT2D eigenvalue weighted by Crippen LogP contribution is 2.25. The highest BCUT2D eigenvalue weighted by Gasteiger charge is 2.30. The van der Waals surface area contributed by atoms with Crippen LogP contribution < -0.4 is 10.1 Å². The second-order valence-corrected chi connectivity index (χ2v) is 6.57. The lowest BCUT2D eigenvalue weighted by Crippen LogP contribution is -2.50. The molecule has 1 aliphatic heterocycles. The number of para-hydroxylation sites is 1. The predicted octanol–water partition coefficient (Wildman–Crippen LogP) is 2.55. The molecule has 0 spiro atoms. The molecule has 0 aliphatic carbocycles. The fourth-order valence-corrected chi connectivity index (χ4v) is 2.59. The van der Waals surface area contributed by atoms with E-state index < -0.39 is 0 Å². The first kappa shape index (κ1) is 15.8. The number of carbonyl (C=O) groups excluding carboxylic acids is 1. The van der Waals surface area contributed by atoms with Gasteiger partial charge in [0.25, 0.3) is 5.91 Å². The predicted molar refractivity (Wildman–Crippen MR) is 84.8 cm³/mol. The zero-order valence-corrected chi connectivity index (χ0v) is 13.5. The van der Waals surface area contributed by atoms with Crippen molar-refractivity contribution in [3.8, 4) is 5.75 Å². The Kier molecular flexibility index (Phi) is 4.88. The summed E-state index contributed by atoms with van der Waals surface area (Å²) >= 11 is 0. The monoisotopic (exact) mass is 290 g/mol. The van der Waals surface area contributed by atoms with E-state index >= 15 is 0 Å². The average molecular weight is 290 g/mol. The molecule has 0 bridgehead atoms. The summed E-state index contributed by atoms with van der Waals surface area (Å²) in [4.78, 5) is 14.6. The van der Waals surface area contributed by atoms with Crippen molar-refractivity contribution in [2.45, 2.75) is 33.7 Å². The first-order valence-electron chi connectivity index (χ1n) is 7.68. The second kappa shape index (κ2) is 6.48. The third-order valence-corrected chi connectivity index (χ3v) is 3.92. The number of nitrogens with one attached hydrogen (secondary N) is 1. The number of carbonyl (C=O) groups is 1. The molecule has 0 saturated carbocycles. The van der Waals surface area contributed by atoms with Crippen molar-refractivity contribution in [2.24, 2.45) is 5.41 Å². The summed E-state index contributed by atoms with van der Waals surface area (Å²) in [6.07, 6.45) is 0. The summed E-state index contributed by atoms with van der Waals surface area (Å²) < 4.78 is 5.69. The molecular formula is C17H26N2O2. The van der Waals surface area contributed by atoms with Crippen molar-refractivity contribution in [1.82, 2.24) is 10.2 Å². The Bertz CT molecular complexity index is 494. The van der Waals surface area contributed by atoms with Crippen LogP contribution in [0.3, 0.4) is 0 Å². The molecule has 1 aromatic rings. The number of ether oxygens (including phenoxy) is 1. The summed E-state index contributed by atoms with van der Waals surface area (Å²) in [5, 5.41) is 3.50. The normalized spacial score (nSPS) is 17.0. The van der Waals surface area contributed by atoms with Gasteiger partial charge in [-0.3, -0.25) is 4.79 Å². The van der Waals surface area contributed by atoms with E-state index in [2.05, 4.69) is 33.0 Å². The van der Waals surface area contributed by atoms with E-state index in [1.807, 2.05) is 29.2 Å². The Morgan fingerprint density at radius 1 is 1.33 bits per heavy atom. The maximum Gasteiger partial charge on any atom is 0.257 e. The molecule has 0 saturated heterocycles. The van der Waals surface area contributed by atoms with Crippen molar-refractivity contribution in [3.63, 3.8) is 0 Å². The van der Waals surface area contributed by atoms with Gasteiger partial charge in [0, 0.05) is 12.6 Å². The molecule has 4 nitrogen and oxygen atoms in total. The molecule has 4 heteroatoms.